The van der Waals surface area contributed by atoms with Gasteiger partial charge >= 0.3 is 204 Å². The Morgan fingerprint density at radius 1 is 0.585 bits per heavy atom. The number of rotatable bonds is 13. The van der Waals surface area contributed by atoms with E-state index in [1.54, 1.807) is 4.90 Å². The van der Waals surface area contributed by atoms with Crippen LogP contribution in [0.15, 0.2) is 121 Å². The monoisotopic (exact) mass is 719 g/mol. The zero-order valence-corrected chi connectivity index (χ0v) is 28.0. The fourth-order valence-corrected chi connectivity index (χ4v) is 16.9. The molecule has 0 aliphatic carbocycles. The zero-order valence-electron chi connectivity index (χ0n) is 23.1. The third kappa shape index (κ3) is 9.52. The molecule has 41 heavy (non-hydrogen) atoms. The first-order valence-corrected chi connectivity index (χ1v) is 17.8. The number of carbonyl (C=O) groups excluding carboxylic acids is 1. The van der Waals surface area contributed by atoms with E-state index < -0.39 is 19.2 Å². The fourth-order valence-electron chi connectivity index (χ4n) is 5.30. The van der Waals surface area contributed by atoms with Crippen LogP contribution in [0.1, 0.15) is 16.7 Å². The summed E-state index contributed by atoms with van der Waals surface area (Å²) in [6.07, 6.45) is -0.0112. The van der Waals surface area contributed by atoms with E-state index in [1.807, 2.05) is 36.4 Å². The molecule has 0 spiro atoms. The van der Waals surface area contributed by atoms with E-state index >= 15 is 0 Å². The van der Waals surface area contributed by atoms with Gasteiger partial charge in [0, 0.05) is 0 Å². The van der Waals surface area contributed by atoms with Crippen LogP contribution in [0.2, 0.25) is 0 Å². The SMILES string of the molecule is O=C([O-])C[CH](c1ccccc1)[Ge]([c]1ccccc1)([c]1ccccc1)[c]1ccccc1.[O-]CCN(CC[O-])CC[O-].[Sn+4]. The van der Waals surface area contributed by atoms with Gasteiger partial charge in [0.05, 0.1) is 0 Å². The first kappa shape index (κ1) is 34.7. The first-order valence-electron chi connectivity index (χ1n) is 13.5. The van der Waals surface area contributed by atoms with Crippen LogP contribution in [0.5, 0.6) is 0 Å². The molecule has 0 aliphatic rings. The summed E-state index contributed by atoms with van der Waals surface area (Å²) in [5, 5.41) is 42.2. The van der Waals surface area contributed by atoms with Crippen molar-refractivity contribution < 1.29 is 25.2 Å². The van der Waals surface area contributed by atoms with Crippen LogP contribution in [0.3, 0.4) is 0 Å². The molecule has 6 nitrogen and oxygen atoms in total. The standard InChI is InChI=1S/C27H24GeO2.C6H12NO3.Sn/c29-27(30)21-26(22-13-5-1-6-14-22)28(23-15-7-2-8-16-23,24-17-9-3-10-18-24)25-19-11-4-12-20-25;8-4-1-7(2-5-9)3-6-10;/h1-20,26H,21H2,(H,29,30);1-6H2;/q;-3;+4/p-1. The number of carboxylic acid groups (broad SMARTS) is 1. The molecule has 0 radical (unpaired) electrons. The summed E-state index contributed by atoms with van der Waals surface area (Å²) in [6.45, 7) is 0.263. The van der Waals surface area contributed by atoms with Crippen molar-refractivity contribution in [3.63, 3.8) is 0 Å². The quantitative estimate of drug-likeness (QED) is 0.158. The summed E-state index contributed by atoms with van der Waals surface area (Å²) in [5.74, 6) is -1.01. The second kappa shape index (κ2) is 18.9. The molecule has 1 unspecified atom stereocenters. The summed E-state index contributed by atoms with van der Waals surface area (Å²) >= 11 is -3.51. The molecule has 0 N–H and O–H groups in total. The van der Waals surface area contributed by atoms with Gasteiger partial charge in [-0.25, -0.2) is 0 Å². The molecule has 210 valence electrons. The Morgan fingerprint density at radius 3 is 1.20 bits per heavy atom. The van der Waals surface area contributed by atoms with Crippen LogP contribution >= 0.6 is 0 Å². The molecule has 0 saturated carbocycles. The molecule has 0 aromatic heterocycles. The van der Waals surface area contributed by atoms with E-state index in [9.17, 15) is 25.2 Å². The summed E-state index contributed by atoms with van der Waals surface area (Å²) in [5.41, 5.74) is 1.05. The van der Waals surface area contributed by atoms with Crippen LogP contribution in [0, 0.1) is 0 Å². The Bertz CT molecular complexity index is 1140. The van der Waals surface area contributed by atoms with Crippen molar-refractivity contribution in [2.75, 3.05) is 39.5 Å². The maximum absolute atomic E-state index is 12.0. The predicted octanol–water partition coefficient (Wildman–Crippen LogP) is -1.39. The van der Waals surface area contributed by atoms with Gasteiger partial charge in [-0.15, -0.1) is 19.8 Å². The minimum Gasteiger partial charge on any atom is -0.854 e. The predicted molar refractivity (Wildman–Crippen MR) is 160 cm³/mol. The molecule has 0 bridgehead atoms. The largest absolute Gasteiger partial charge is 4.00 e. The number of benzene rings is 4. The molecule has 0 fully saturated rings. The first-order chi connectivity index (χ1) is 19.6. The van der Waals surface area contributed by atoms with Gasteiger partial charge in [0.25, 0.3) is 0 Å². The van der Waals surface area contributed by atoms with Gasteiger partial charge in [-0.05, 0) is 19.6 Å². The summed E-state index contributed by atoms with van der Waals surface area (Å²) in [6, 6.07) is 41.5. The van der Waals surface area contributed by atoms with Crippen molar-refractivity contribution in [1.29, 1.82) is 0 Å². The van der Waals surface area contributed by atoms with Gasteiger partial charge in [-0.1, -0.05) is 0 Å². The minimum atomic E-state index is -3.51. The molecule has 0 saturated heterocycles. The van der Waals surface area contributed by atoms with Crippen LogP contribution < -0.4 is 33.6 Å². The smallest absolute Gasteiger partial charge is 0.854 e. The van der Waals surface area contributed by atoms with Gasteiger partial charge in [0.15, 0.2) is 0 Å². The summed E-state index contributed by atoms with van der Waals surface area (Å²) < 4.78 is 3.56. The van der Waals surface area contributed by atoms with Gasteiger partial charge in [-0.2, -0.15) is 0 Å². The van der Waals surface area contributed by atoms with Crippen LogP contribution in [-0.2, 0) is 4.79 Å². The van der Waals surface area contributed by atoms with Crippen LogP contribution in [0.4, 0.5) is 0 Å². The van der Waals surface area contributed by atoms with E-state index in [0.717, 1.165) is 5.56 Å². The number of hydrogen-bond donors (Lipinski definition) is 0. The van der Waals surface area contributed by atoms with E-state index in [2.05, 4.69) is 84.9 Å². The summed E-state index contributed by atoms with van der Waals surface area (Å²) in [4.78, 5) is 13.6. The van der Waals surface area contributed by atoms with Crippen molar-refractivity contribution >= 4 is 56.3 Å². The number of hydrogen-bond acceptors (Lipinski definition) is 6. The average Bonchev–Trinajstić information content (AvgIpc) is 3.00. The van der Waals surface area contributed by atoms with Gasteiger partial charge in [0.1, 0.15) is 0 Å². The fraction of sp³-hybridized carbons (Fsp3) is 0.242. The normalized spacial score (nSPS) is 11.6. The second-order valence-electron chi connectivity index (χ2n) is 9.40. The molecule has 4 aromatic carbocycles. The Morgan fingerprint density at radius 2 is 0.902 bits per heavy atom. The third-order valence-electron chi connectivity index (χ3n) is 7.01. The van der Waals surface area contributed by atoms with Gasteiger partial charge in [-0.3, -0.25) is 0 Å². The maximum atomic E-state index is 12.0. The molecular formula is C33H35GeNO5Sn. The Hall–Kier alpha value is -2.47. The molecular weight excluding hydrogens is 682 g/mol. The van der Waals surface area contributed by atoms with Crippen molar-refractivity contribution in [1.82, 2.24) is 4.90 Å². The van der Waals surface area contributed by atoms with Crippen molar-refractivity contribution in [3.8, 4) is 0 Å². The molecule has 0 amide bonds. The molecule has 0 heterocycles. The molecule has 8 heteroatoms. The van der Waals surface area contributed by atoms with E-state index in [4.69, 9.17) is 0 Å². The van der Waals surface area contributed by atoms with Gasteiger partial charge in [0.2, 0.25) is 0 Å². The number of carbonyl (C=O) groups is 1. The Balaban J connectivity index is 0.000000461. The van der Waals surface area contributed by atoms with Gasteiger partial charge < -0.3 is 20.2 Å². The Labute approximate surface area is 262 Å². The molecule has 0 aliphatic heterocycles. The Kier molecular flexibility index (Phi) is 16.0. The molecule has 4 rings (SSSR count). The molecule has 4 aromatic rings. The molecule has 1 atom stereocenters. The summed E-state index contributed by atoms with van der Waals surface area (Å²) in [7, 11) is 0. The maximum Gasteiger partial charge on any atom is 4.00 e. The van der Waals surface area contributed by atoms with Crippen molar-refractivity contribution in [2.24, 2.45) is 0 Å². The van der Waals surface area contributed by atoms with Crippen molar-refractivity contribution in [2.45, 2.75) is 11.2 Å². The van der Waals surface area contributed by atoms with E-state index in [-0.39, 0.29) is 54.9 Å². The topological polar surface area (TPSA) is 113 Å². The van der Waals surface area contributed by atoms with E-state index in [1.165, 1.54) is 13.2 Å². The second-order valence-corrected chi connectivity index (χ2v) is 17.9. The minimum absolute atomic E-state index is 0. The zero-order chi connectivity index (χ0) is 28.6. The van der Waals surface area contributed by atoms with Crippen LogP contribution in [0.25, 0.3) is 0 Å². The number of nitrogens with zero attached hydrogens (tertiary/aromatic N) is 1. The van der Waals surface area contributed by atoms with E-state index in [0.29, 0.717) is 19.6 Å². The van der Waals surface area contributed by atoms with Crippen molar-refractivity contribution in [3.05, 3.63) is 127 Å². The number of carboxylic acids is 1. The number of aliphatic carboxylic acids is 1. The van der Waals surface area contributed by atoms with Crippen LogP contribution in [-0.4, -0.2) is 87.5 Å². The third-order valence-corrected chi connectivity index (χ3v) is 18.2. The average molecular weight is 717 g/mol.